The lowest BCUT2D eigenvalue weighted by molar-refractivity contribution is -0.192. The summed E-state index contributed by atoms with van der Waals surface area (Å²) in [6, 6.07) is 1.67. The van der Waals surface area contributed by atoms with Gasteiger partial charge in [0.05, 0.1) is 18.9 Å². The van der Waals surface area contributed by atoms with Crippen LogP contribution < -0.4 is 5.56 Å². The molecular weight excluding hydrogens is 326 g/mol. The van der Waals surface area contributed by atoms with Crippen LogP contribution in [0, 0.1) is 12.8 Å². The van der Waals surface area contributed by atoms with E-state index < -0.39 is 5.79 Å². The molecule has 4 rings (SSSR count). The maximum Gasteiger partial charge on any atom is 0.259 e. The molecule has 0 radical (unpaired) electrons. The minimum absolute atomic E-state index is 0.0109. The lowest BCUT2D eigenvalue weighted by Gasteiger charge is -2.39. The summed E-state index contributed by atoms with van der Waals surface area (Å²) in [5.41, 5.74) is 1.80. The molecule has 1 atom stereocenters. The van der Waals surface area contributed by atoms with E-state index in [1.807, 2.05) is 12.3 Å². The van der Waals surface area contributed by atoms with Crippen molar-refractivity contribution < 1.29 is 9.47 Å². The van der Waals surface area contributed by atoms with E-state index in [0.717, 1.165) is 42.3 Å². The summed E-state index contributed by atoms with van der Waals surface area (Å²) in [6.45, 7) is 8.00. The van der Waals surface area contributed by atoms with Gasteiger partial charge in [0.15, 0.2) is 10.7 Å². The number of likely N-dealkylation sites (tertiary alicyclic amines) is 1. The first-order chi connectivity index (χ1) is 11.5. The molecule has 0 saturated carbocycles. The second-order valence-electron chi connectivity index (χ2n) is 6.87. The van der Waals surface area contributed by atoms with Crippen molar-refractivity contribution in [3.63, 3.8) is 0 Å². The minimum atomic E-state index is -0.458. The van der Waals surface area contributed by atoms with Crippen LogP contribution in [0.2, 0.25) is 0 Å². The Hall–Kier alpha value is -1.28. The van der Waals surface area contributed by atoms with Crippen molar-refractivity contribution >= 4 is 16.3 Å². The number of thiazole rings is 1. The van der Waals surface area contributed by atoms with Crippen molar-refractivity contribution in [1.29, 1.82) is 0 Å². The number of ether oxygens (including phenoxy) is 2. The van der Waals surface area contributed by atoms with Crippen molar-refractivity contribution in [2.75, 3.05) is 26.3 Å². The Balaban J connectivity index is 1.51. The summed E-state index contributed by atoms with van der Waals surface area (Å²) in [4.78, 5) is 20.1. The first-order valence-corrected chi connectivity index (χ1v) is 9.40. The van der Waals surface area contributed by atoms with Gasteiger partial charge in [-0.1, -0.05) is 0 Å². The van der Waals surface area contributed by atoms with Crippen molar-refractivity contribution in [3.8, 4) is 0 Å². The number of fused-ring (bicyclic) bond motifs is 1. The number of aromatic nitrogens is 2. The molecule has 4 heterocycles. The number of hydrogen-bond donors (Lipinski definition) is 0. The first kappa shape index (κ1) is 16.2. The van der Waals surface area contributed by atoms with E-state index in [0.29, 0.717) is 25.7 Å². The average Bonchev–Trinajstić information content (AvgIpc) is 3.15. The van der Waals surface area contributed by atoms with Gasteiger partial charge in [0.2, 0.25) is 0 Å². The van der Waals surface area contributed by atoms with Gasteiger partial charge in [0.1, 0.15) is 0 Å². The molecule has 0 aliphatic carbocycles. The van der Waals surface area contributed by atoms with Gasteiger partial charge in [-0.3, -0.25) is 14.1 Å². The first-order valence-electron chi connectivity index (χ1n) is 8.52. The van der Waals surface area contributed by atoms with E-state index in [9.17, 15) is 4.79 Å². The third kappa shape index (κ3) is 2.90. The highest BCUT2D eigenvalue weighted by molar-refractivity contribution is 7.15. The summed E-state index contributed by atoms with van der Waals surface area (Å²) >= 11 is 1.52. The molecule has 0 amide bonds. The van der Waals surface area contributed by atoms with Crippen molar-refractivity contribution in [1.82, 2.24) is 14.3 Å². The molecule has 2 aromatic rings. The Bertz CT molecular complexity index is 794. The van der Waals surface area contributed by atoms with Crippen LogP contribution in [0.3, 0.4) is 0 Å². The van der Waals surface area contributed by atoms with Gasteiger partial charge in [-0.05, 0) is 33.2 Å². The van der Waals surface area contributed by atoms with Crippen LogP contribution in [-0.4, -0.2) is 46.4 Å². The lowest BCUT2D eigenvalue weighted by Crippen LogP contribution is -2.46. The van der Waals surface area contributed by atoms with E-state index in [4.69, 9.17) is 9.47 Å². The molecule has 0 N–H and O–H groups in total. The smallest absolute Gasteiger partial charge is 0.259 e. The third-order valence-corrected chi connectivity index (χ3v) is 6.07. The van der Waals surface area contributed by atoms with E-state index >= 15 is 0 Å². The maximum absolute atomic E-state index is 12.3. The van der Waals surface area contributed by atoms with Gasteiger partial charge in [-0.2, -0.15) is 0 Å². The summed E-state index contributed by atoms with van der Waals surface area (Å²) in [6.07, 6.45) is 2.23. The van der Waals surface area contributed by atoms with E-state index in [1.165, 1.54) is 11.3 Å². The van der Waals surface area contributed by atoms with Gasteiger partial charge in [-0.25, -0.2) is 4.98 Å². The quantitative estimate of drug-likeness (QED) is 0.849. The number of nitrogens with zero attached hydrogens (tertiary/aromatic N) is 3. The Labute approximate surface area is 145 Å². The van der Waals surface area contributed by atoms with E-state index in [-0.39, 0.29) is 5.56 Å². The minimum Gasteiger partial charge on any atom is -0.347 e. The third-order valence-electron chi connectivity index (χ3n) is 5.12. The van der Waals surface area contributed by atoms with E-state index in [1.54, 1.807) is 10.5 Å². The molecule has 130 valence electrons. The van der Waals surface area contributed by atoms with Gasteiger partial charge in [-0.15, -0.1) is 11.3 Å². The number of rotatable bonds is 3. The fourth-order valence-electron chi connectivity index (χ4n) is 3.80. The van der Waals surface area contributed by atoms with Crippen LogP contribution in [0.5, 0.6) is 0 Å². The molecule has 0 spiro atoms. The Morgan fingerprint density at radius 3 is 3.00 bits per heavy atom. The van der Waals surface area contributed by atoms with Crippen molar-refractivity contribution in [2.45, 2.75) is 39.0 Å². The molecule has 2 saturated heterocycles. The van der Waals surface area contributed by atoms with Gasteiger partial charge in [0.25, 0.3) is 5.56 Å². The molecule has 2 aliphatic rings. The molecule has 0 unspecified atom stereocenters. The number of aryl methyl sites for hydroxylation is 1. The summed E-state index contributed by atoms with van der Waals surface area (Å²) in [5, 5.41) is 1.97. The van der Waals surface area contributed by atoms with Gasteiger partial charge >= 0.3 is 0 Å². The zero-order valence-corrected chi connectivity index (χ0v) is 15.0. The molecule has 2 aliphatic heterocycles. The number of piperidine rings is 1. The Morgan fingerprint density at radius 1 is 1.42 bits per heavy atom. The SMILES string of the molecule is Cc1csc2nc(CN3CCC[C@H](C4(C)OCCO4)C3)cc(=O)n12. The van der Waals surface area contributed by atoms with Crippen LogP contribution in [0.4, 0.5) is 0 Å². The monoisotopic (exact) mass is 349 g/mol. The molecule has 2 fully saturated rings. The molecular formula is C17H23N3O3S. The highest BCUT2D eigenvalue weighted by atomic mass is 32.1. The predicted octanol–water partition coefficient (Wildman–Crippen LogP) is 2.04. The molecule has 24 heavy (non-hydrogen) atoms. The Morgan fingerprint density at radius 2 is 2.21 bits per heavy atom. The topological polar surface area (TPSA) is 56.1 Å². The summed E-state index contributed by atoms with van der Waals surface area (Å²) in [5.74, 6) is -0.0944. The standard InChI is InChI=1S/C17H23N3O3S/c1-12-11-24-16-18-14(8-15(21)20(12)16)10-19-5-3-4-13(9-19)17(2)22-6-7-23-17/h8,11,13H,3-7,9-10H2,1-2H3/t13-/m0/s1. The average molecular weight is 349 g/mol. The van der Waals surface area contributed by atoms with Gasteiger partial charge < -0.3 is 9.47 Å². The second kappa shape index (κ2) is 6.22. The van der Waals surface area contributed by atoms with E-state index in [2.05, 4.69) is 16.8 Å². The Kier molecular flexibility index (Phi) is 4.20. The summed E-state index contributed by atoms with van der Waals surface area (Å²) in [7, 11) is 0. The normalized spacial score (nSPS) is 24.7. The maximum atomic E-state index is 12.3. The molecule has 2 aromatic heterocycles. The zero-order valence-electron chi connectivity index (χ0n) is 14.2. The zero-order chi connectivity index (χ0) is 16.7. The van der Waals surface area contributed by atoms with Crippen LogP contribution in [0.25, 0.3) is 4.96 Å². The number of hydrogen-bond acceptors (Lipinski definition) is 6. The molecule has 7 heteroatoms. The second-order valence-corrected chi connectivity index (χ2v) is 7.70. The highest BCUT2D eigenvalue weighted by Gasteiger charge is 2.41. The van der Waals surface area contributed by atoms with Crippen LogP contribution in [0.1, 0.15) is 31.2 Å². The fourth-order valence-corrected chi connectivity index (χ4v) is 4.69. The van der Waals surface area contributed by atoms with Gasteiger partial charge in [0, 0.05) is 36.1 Å². The van der Waals surface area contributed by atoms with Crippen LogP contribution >= 0.6 is 11.3 Å². The highest BCUT2D eigenvalue weighted by Crippen LogP contribution is 2.34. The molecule has 0 bridgehead atoms. The van der Waals surface area contributed by atoms with Crippen molar-refractivity contribution in [3.05, 3.63) is 33.2 Å². The summed E-state index contributed by atoms with van der Waals surface area (Å²) < 4.78 is 13.4. The molecule has 6 nitrogen and oxygen atoms in total. The van der Waals surface area contributed by atoms with Crippen LogP contribution in [0.15, 0.2) is 16.2 Å². The predicted molar refractivity (Wildman–Crippen MR) is 92.4 cm³/mol. The largest absolute Gasteiger partial charge is 0.347 e. The fraction of sp³-hybridized carbons (Fsp3) is 0.647. The van der Waals surface area contributed by atoms with Crippen molar-refractivity contribution in [2.24, 2.45) is 5.92 Å². The van der Waals surface area contributed by atoms with Crippen LogP contribution in [-0.2, 0) is 16.0 Å². The lowest BCUT2D eigenvalue weighted by atomic mass is 9.90. The molecule has 0 aromatic carbocycles.